The monoisotopic (exact) mass is 275 g/mol. The Balaban J connectivity index is 2.68. The molecule has 0 unspecified atom stereocenters. The number of hydrogen-bond acceptors (Lipinski definition) is 2. The molecule has 0 saturated carbocycles. The Hall–Kier alpha value is -1.10. The summed E-state index contributed by atoms with van der Waals surface area (Å²) in [4.78, 5) is 11.2. The number of carbonyl (C=O) groups excluding carboxylic acids is 1. The molecule has 0 aliphatic heterocycles. The van der Waals surface area contributed by atoms with E-state index in [2.05, 4.69) is 21.2 Å². The maximum atomic E-state index is 12.7. The molecule has 0 atom stereocenters. The Bertz CT molecular complexity index is 368. The van der Waals surface area contributed by atoms with Crippen LogP contribution in [0.5, 0.6) is 0 Å². The zero-order valence-corrected chi connectivity index (χ0v) is 9.97. The fourth-order valence-corrected chi connectivity index (χ4v) is 1.39. The molecular formula is C10H11BrFNO2. The molecule has 1 aromatic rings. The highest BCUT2D eigenvalue weighted by molar-refractivity contribution is 9.10. The van der Waals surface area contributed by atoms with Crippen LogP contribution in [0.3, 0.4) is 0 Å². The highest BCUT2D eigenvalue weighted by Crippen LogP contribution is 2.23. The minimum Gasteiger partial charge on any atom is -0.447 e. The molecule has 15 heavy (non-hydrogen) atoms. The molecule has 0 saturated heterocycles. The van der Waals surface area contributed by atoms with Crippen molar-refractivity contribution >= 4 is 27.7 Å². The molecule has 0 aromatic heterocycles. The van der Waals surface area contributed by atoms with Crippen LogP contribution in [0.1, 0.15) is 13.8 Å². The summed E-state index contributed by atoms with van der Waals surface area (Å²) in [5.41, 5.74) is 0.474. The smallest absolute Gasteiger partial charge is 0.411 e. The van der Waals surface area contributed by atoms with Crippen LogP contribution in [0.25, 0.3) is 0 Å². The standard InChI is InChI=1S/C10H11BrFNO2/c1-6(2)15-10(14)13-9-4-3-7(12)5-8(9)11/h3-6H,1-2H3,(H,13,14). The van der Waals surface area contributed by atoms with Crippen LogP contribution >= 0.6 is 15.9 Å². The van der Waals surface area contributed by atoms with Gasteiger partial charge in [0.1, 0.15) is 5.82 Å². The summed E-state index contributed by atoms with van der Waals surface area (Å²) in [7, 11) is 0. The minimum atomic E-state index is -0.558. The molecule has 1 aromatic carbocycles. The maximum absolute atomic E-state index is 12.7. The van der Waals surface area contributed by atoms with Gasteiger partial charge in [-0.3, -0.25) is 5.32 Å². The molecule has 0 spiro atoms. The van der Waals surface area contributed by atoms with Gasteiger partial charge < -0.3 is 4.74 Å². The van der Waals surface area contributed by atoms with Crippen molar-refractivity contribution in [1.29, 1.82) is 0 Å². The summed E-state index contributed by atoms with van der Waals surface area (Å²) >= 11 is 3.13. The molecule has 82 valence electrons. The molecule has 1 rings (SSSR count). The second kappa shape index (κ2) is 5.11. The molecule has 5 heteroatoms. The zero-order valence-electron chi connectivity index (χ0n) is 8.38. The van der Waals surface area contributed by atoms with Gasteiger partial charge in [0.25, 0.3) is 0 Å². The Kier molecular flexibility index (Phi) is 4.08. The molecule has 0 aliphatic carbocycles. The lowest BCUT2D eigenvalue weighted by Crippen LogP contribution is -2.18. The van der Waals surface area contributed by atoms with Crippen molar-refractivity contribution in [3.63, 3.8) is 0 Å². The van der Waals surface area contributed by atoms with E-state index in [1.165, 1.54) is 18.2 Å². The summed E-state index contributed by atoms with van der Waals surface area (Å²) in [5.74, 6) is -0.371. The average molecular weight is 276 g/mol. The lowest BCUT2D eigenvalue weighted by Gasteiger charge is -2.10. The van der Waals surface area contributed by atoms with Gasteiger partial charge in [-0.25, -0.2) is 9.18 Å². The third-order valence-electron chi connectivity index (χ3n) is 1.51. The largest absolute Gasteiger partial charge is 0.447 e. The van der Waals surface area contributed by atoms with E-state index in [1.54, 1.807) is 13.8 Å². The van der Waals surface area contributed by atoms with Crippen molar-refractivity contribution in [3.05, 3.63) is 28.5 Å². The average Bonchev–Trinajstić information content (AvgIpc) is 2.08. The van der Waals surface area contributed by atoms with Crippen LogP contribution in [0.4, 0.5) is 14.9 Å². The second-order valence-electron chi connectivity index (χ2n) is 3.20. The summed E-state index contributed by atoms with van der Waals surface area (Å²) in [5, 5.41) is 2.49. The van der Waals surface area contributed by atoms with E-state index < -0.39 is 6.09 Å². The van der Waals surface area contributed by atoms with Gasteiger partial charge in [-0.1, -0.05) is 0 Å². The number of benzene rings is 1. The molecule has 3 nitrogen and oxygen atoms in total. The van der Waals surface area contributed by atoms with E-state index in [0.29, 0.717) is 10.2 Å². The molecule has 0 aliphatic rings. The van der Waals surface area contributed by atoms with Crippen molar-refractivity contribution in [2.24, 2.45) is 0 Å². The number of rotatable bonds is 2. The topological polar surface area (TPSA) is 38.3 Å². The number of amides is 1. The Morgan fingerprint density at radius 2 is 2.20 bits per heavy atom. The highest BCUT2D eigenvalue weighted by Gasteiger charge is 2.08. The summed E-state index contributed by atoms with van der Waals surface area (Å²) in [6.45, 7) is 3.50. The lowest BCUT2D eigenvalue weighted by molar-refractivity contribution is 0.130. The number of halogens is 2. The van der Waals surface area contributed by atoms with E-state index in [9.17, 15) is 9.18 Å². The quantitative estimate of drug-likeness (QED) is 0.897. The van der Waals surface area contributed by atoms with Crippen molar-refractivity contribution in [3.8, 4) is 0 Å². The number of nitrogens with one attached hydrogen (secondary N) is 1. The number of carbonyl (C=O) groups is 1. The number of hydrogen-bond donors (Lipinski definition) is 1. The van der Waals surface area contributed by atoms with Gasteiger partial charge in [-0.15, -0.1) is 0 Å². The second-order valence-corrected chi connectivity index (χ2v) is 4.06. The van der Waals surface area contributed by atoms with Crippen molar-refractivity contribution < 1.29 is 13.9 Å². The first-order chi connectivity index (χ1) is 6.99. The SMILES string of the molecule is CC(C)OC(=O)Nc1ccc(F)cc1Br. The predicted octanol–water partition coefficient (Wildman–Crippen LogP) is 3.55. The minimum absolute atomic E-state index is 0.191. The summed E-state index contributed by atoms with van der Waals surface area (Å²) in [6, 6.07) is 3.99. The van der Waals surface area contributed by atoms with Crippen LogP contribution < -0.4 is 5.32 Å². The van der Waals surface area contributed by atoms with Crippen LogP contribution in [0, 0.1) is 5.82 Å². The third-order valence-corrected chi connectivity index (χ3v) is 2.17. The number of anilines is 1. The van der Waals surface area contributed by atoms with Crippen LogP contribution in [-0.2, 0) is 4.74 Å². The normalized spacial score (nSPS) is 10.2. The molecular weight excluding hydrogens is 265 g/mol. The summed E-state index contributed by atoms with van der Waals surface area (Å²) in [6.07, 6.45) is -0.749. The fraction of sp³-hybridized carbons (Fsp3) is 0.300. The number of ether oxygens (including phenoxy) is 1. The first-order valence-electron chi connectivity index (χ1n) is 4.41. The zero-order chi connectivity index (χ0) is 11.4. The van der Waals surface area contributed by atoms with E-state index in [1.807, 2.05) is 0 Å². The lowest BCUT2D eigenvalue weighted by atomic mass is 10.3. The Labute approximate surface area is 95.7 Å². The van der Waals surface area contributed by atoms with Crippen molar-refractivity contribution in [2.45, 2.75) is 20.0 Å². The van der Waals surface area contributed by atoms with Crippen LogP contribution in [0.2, 0.25) is 0 Å². The first-order valence-corrected chi connectivity index (χ1v) is 5.21. The van der Waals surface area contributed by atoms with Crippen molar-refractivity contribution in [1.82, 2.24) is 0 Å². The molecule has 0 heterocycles. The Morgan fingerprint density at radius 3 is 2.73 bits per heavy atom. The van der Waals surface area contributed by atoms with Gasteiger partial charge in [0.2, 0.25) is 0 Å². The van der Waals surface area contributed by atoms with Gasteiger partial charge in [0, 0.05) is 4.47 Å². The van der Waals surface area contributed by atoms with E-state index in [4.69, 9.17) is 4.74 Å². The maximum Gasteiger partial charge on any atom is 0.411 e. The van der Waals surface area contributed by atoms with Gasteiger partial charge in [0.05, 0.1) is 11.8 Å². The van der Waals surface area contributed by atoms with E-state index in [0.717, 1.165) is 0 Å². The fourth-order valence-electron chi connectivity index (χ4n) is 0.944. The molecule has 0 bridgehead atoms. The molecule has 0 radical (unpaired) electrons. The molecule has 1 amide bonds. The Morgan fingerprint density at radius 1 is 1.53 bits per heavy atom. The van der Waals surface area contributed by atoms with Crippen LogP contribution in [-0.4, -0.2) is 12.2 Å². The van der Waals surface area contributed by atoms with Gasteiger partial charge in [-0.2, -0.15) is 0 Å². The summed E-state index contributed by atoms with van der Waals surface area (Å²) < 4.78 is 18.1. The molecule has 1 N–H and O–H groups in total. The van der Waals surface area contributed by atoms with E-state index >= 15 is 0 Å². The van der Waals surface area contributed by atoms with Gasteiger partial charge >= 0.3 is 6.09 Å². The van der Waals surface area contributed by atoms with Crippen LogP contribution in [0.15, 0.2) is 22.7 Å². The van der Waals surface area contributed by atoms with Crippen molar-refractivity contribution in [2.75, 3.05) is 5.32 Å². The molecule has 0 fully saturated rings. The van der Waals surface area contributed by atoms with Gasteiger partial charge in [-0.05, 0) is 48.0 Å². The van der Waals surface area contributed by atoms with Gasteiger partial charge in [0.15, 0.2) is 0 Å². The van der Waals surface area contributed by atoms with E-state index in [-0.39, 0.29) is 11.9 Å². The predicted molar refractivity (Wildman–Crippen MR) is 59.3 cm³/mol. The highest BCUT2D eigenvalue weighted by atomic mass is 79.9. The third kappa shape index (κ3) is 3.87. The first kappa shape index (κ1) is 12.0.